The van der Waals surface area contributed by atoms with Gasteiger partial charge in [0.05, 0.1) is 18.8 Å². The highest BCUT2D eigenvalue weighted by atomic mass is 16.5. The topological polar surface area (TPSA) is 51.5 Å². The molecule has 3 aromatic carbocycles. The van der Waals surface area contributed by atoms with Crippen LogP contribution < -0.4 is 9.47 Å². The first kappa shape index (κ1) is 21.0. The maximum absolute atomic E-state index is 9.43. The van der Waals surface area contributed by atoms with Crippen LogP contribution >= 0.6 is 0 Å². The Bertz CT molecular complexity index is 1020. The Balaban J connectivity index is 1.82. The number of benzene rings is 3. The average molecular weight is 399 g/mol. The summed E-state index contributed by atoms with van der Waals surface area (Å²) in [4.78, 5) is 0. The molecular formula is C26H25NO3. The fraction of sp³-hybridized carbons (Fsp3) is 0.192. The minimum absolute atomic E-state index is 0.435. The first-order valence-electron chi connectivity index (χ1n) is 9.80. The summed E-state index contributed by atoms with van der Waals surface area (Å²) >= 11 is 0. The third-order valence-electron chi connectivity index (χ3n) is 4.73. The number of allylic oxidation sites excluding steroid dienone is 2. The highest BCUT2D eigenvalue weighted by molar-refractivity contribution is 5.45. The van der Waals surface area contributed by atoms with Crippen LogP contribution in [0.2, 0.25) is 0 Å². The van der Waals surface area contributed by atoms with Gasteiger partial charge in [0, 0.05) is 6.42 Å². The monoisotopic (exact) mass is 399 g/mol. The van der Waals surface area contributed by atoms with Crippen molar-refractivity contribution in [3.63, 3.8) is 0 Å². The second-order valence-electron chi connectivity index (χ2n) is 6.86. The number of nitriles is 1. The van der Waals surface area contributed by atoms with Crippen molar-refractivity contribution in [1.82, 2.24) is 0 Å². The predicted octanol–water partition coefficient (Wildman–Crippen LogP) is 5.83. The summed E-state index contributed by atoms with van der Waals surface area (Å²) in [5, 5.41) is 9.43. The zero-order chi connectivity index (χ0) is 21.2. The summed E-state index contributed by atoms with van der Waals surface area (Å²) in [5.74, 6) is 1.94. The Labute approximate surface area is 178 Å². The summed E-state index contributed by atoms with van der Waals surface area (Å²) < 4.78 is 17.4. The summed E-state index contributed by atoms with van der Waals surface area (Å²) in [6.45, 7) is 2.68. The molecule has 4 heteroatoms. The Morgan fingerprint density at radius 1 is 0.767 bits per heavy atom. The summed E-state index contributed by atoms with van der Waals surface area (Å²) in [7, 11) is 1.57. The van der Waals surface area contributed by atoms with Crippen LogP contribution in [0.25, 0.3) is 0 Å². The van der Waals surface area contributed by atoms with E-state index >= 15 is 0 Å². The Morgan fingerprint density at radius 3 is 1.87 bits per heavy atom. The van der Waals surface area contributed by atoms with Gasteiger partial charge in [-0.2, -0.15) is 5.26 Å². The quantitative estimate of drug-likeness (QED) is 0.335. The average Bonchev–Trinajstić information content (AvgIpc) is 2.81. The van der Waals surface area contributed by atoms with Gasteiger partial charge in [0.1, 0.15) is 19.0 Å². The van der Waals surface area contributed by atoms with Crippen LogP contribution in [-0.2, 0) is 24.4 Å². The zero-order valence-corrected chi connectivity index (χ0v) is 17.3. The van der Waals surface area contributed by atoms with Gasteiger partial charge in [0.25, 0.3) is 0 Å². The van der Waals surface area contributed by atoms with E-state index in [1.807, 2.05) is 78.9 Å². The Kier molecular flexibility index (Phi) is 7.51. The molecule has 0 aliphatic rings. The molecule has 0 unspecified atom stereocenters. The number of hydrogen-bond donors (Lipinski definition) is 0. The first-order valence-corrected chi connectivity index (χ1v) is 9.80. The lowest BCUT2D eigenvalue weighted by atomic mass is 10.0. The number of hydrogen-bond acceptors (Lipinski definition) is 4. The summed E-state index contributed by atoms with van der Waals surface area (Å²) in [6, 6.07) is 28.0. The van der Waals surface area contributed by atoms with Gasteiger partial charge in [-0.1, -0.05) is 66.7 Å². The van der Waals surface area contributed by atoms with Crippen LogP contribution in [0.1, 0.15) is 23.6 Å². The van der Waals surface area contributed by atoms with Crippen molar-refractivity contribution in [3.05, 3.63) is 107 Å². The second kappa shape index (κ2) is 10.7. The van der Waals surface area contributed by atoms with Crippen LogP contribution in [-0.4, -0.2) is 7.11 Å². The summed E-state index contributed by atoms with van der Waals surface area (Å²) in [6.07, 6.45) is 0.469. The van der Waals surface area contributed by atoms with E-state index in [1.165, 1.54) is 0 Å². The molecule has 3 aromatic rings. The van der Waals surface area contributed by atoms with Crippen molar-refractivity contribution in [2.45, 2.75) is 26.6 Å². The van der Waals surface area contributed by atoms with E-state index in [9.17, 15) is 5.26 Å². The van der Waals surface area contributed by atoms with Crippen molar-refractivity contribution < 1.29 is 14.2 Å². The van der Waals surface area contributed by atoms with Gasteiger partial charge in [0.15, 0.2) is 11.5 Å². The Morgan fingerprint density at radius 2 is 1.33 bits per heavy atom. The zero-order valence-electron chi connectivity index (χ0n) is 17.3. The molecule has 0 heterocycles. The lowest BCUT2D eigenvalue weighted by Gasteiger charge is -2.15. The molecule has 0 fully saturated rings. The lowest BCUT2D eigenvalue weighted by Crippen LogP contribution is -2.02. The van der Waals surface area contributed by atoms with Crippen molar-refractivity contribution in [2.24, 2.45) is 0 Å². The van der Waals surface area contributed by atoms with Crippen LogP contribution in [0, 0.1) is 11.3 Å². The Hall–Kier alpha value is -3.71. The number of ether oxygens (including phenoxy) is 3. The van der Waals surface area contributed by atoms with Crippen molar-refractivity contribution >= 4 is 0 Å². The molecule has 0 atom stereocenters. The molecule has 4 nitrogen and oxygen atoms in total. The number of methoxy groups -OCH3 is 1. The normalized spacial score (nSPS) is 11.2. The van der Waals surface area contributed by atoms with Gasteiger partial charge in [-0.25, -0.2) is 0 Å². The van der Waals surface area contributed by atoms with Gasteiger partial charge in [-0.05, 0) is 35.7 Å². The highest BCUT2D eigenvalue weighted by Gasteiger charge is 2.11. The third-order valence-corrected chi connectivity index (χ3v) is 4.73. The molecule has 0 saturated carbocycles. The molecule has 0 aromatic heterocycles. The molecule has 0 saturated heterocycles. The molecule has 3 rings (SSSR count). The molecule has 0 amide bonds. The van der Waals surface area contributed by atoms with Crippen LogP contribution in [0.15, 0.2) is 90.2 Å². The van der Waals surface area contributed by atoms with Gasteiger partial charge >= 0.3 is 0 Å². The maximum Gasteiger partial charge on any atom is 0.161 e. The molecular weight excluding hydrogens is 374 g/mol. The minimum Gasteiger partial charge on any atom is -0.500 e. The number of nitrogens with zero attached hydrogens (tertiary/aromatic N) is 1. The maximum atomic E-state index is 9.43. The second-order valence-corrected chi connectivity index (χ2v) is 6.86. The third kappa shape index (κ3) is 5.89. The van der Waals surface area contributed by atoms with Crippen LogP contribution in [0.5, 0.6) is 11.5 Å². The van der Waals surface area contributed by atoms with E-state index in [0.717, 1.165) is 16.7 Å². The van der Waals surface area contributed by atoms with E-state index < -0.39 is 0 Å². The predicted molar refractivity (Wildman–Crippen MR) is 117 cm³/mol. The SMILES string of the molecule is CO/C(C)=C(\C#N)Cc1ccc(OCc2ccccc2)c(OCc2ccccc2)c1. The molecule has 0 radical (unpaired) electrons. The van der Waals surface area contributed by atoms with E-state index in [4.69, 9.17) is 14.2 Å². The molecule has 152 valence electrons. The van der Waals surface area contributed by atoms with Crippen molar-refractivity contribution in [1.29, 1.82) is 5.26 Å². The van der Waals surface area contributed by atoms with Gasteiger partial charge in [0.2, 0.25) is 0 Å². The van der Waals surface area contributed by atoms with Gasteiger partial charge < -0.3 is 14.2 Å². The molecule has 0 N–H and O–H groups in total. The molecule has 0 bridgehead atoms. The van der Waals surface area contributed by atoms with Crippen LogP contribution in [0.3, 0.4) is 0 Å². The highest BCUT2D eigenvalue weighted by Crippen LogP contribution is 2.31. The number of rotatable bonds is 9. The first-order chi connectivity index (χ1) is 14.7. The lowest BCUT2D eigenvalue weighted by molar-refractivity contribution is 0.255. The standard InChI is InChI=1S/C26H25NO3/c1-20(28-2)24(17-27)15-23-13-14-25(29-18-21-9-5-3-6-10-21)26(16-23)30-19-22-11-7-4-8-12-22/h3-14,16H,15,18-19H2,1-2H3/b24-20-. The van der Waals surface area contributed by atoms with E-state index in [1.54, 1.807) is 14.0 Å². The molecule has 0 aliphatic heterocycles. The fourth-order valence-electron chi connectivity index (χ4n) is 2.94. The molecule has 30 heavy (non-hydrogen) atoms. The van der Waals surface area contributed by atoms with Crippen LogP contribution in [0.4, 0.5) is 0 Å². The van der Waals surface area contributed by atoms with E-state index in [2.05, 4.69) is 6.07 Å². The van der Waals surface area contributed by atoms with Gasteiger partial charge in [-0.3, -0.25) is 0 Å². The largest absolute Gasteiger partial charge is 0.500 e. The van der Waals surface area contributed by atoms with E-state index in [-0.39, 0.29) is 0 Å². The molecule has 0 aliphatic carbocycles. The fourth-order valence-corrected chi connectivity index (χ4v) is 2.94. The summed E-state index contributed by atoms with van der Waals surface area (Å²) in [5.41, 5.74) is 3.70. The smallest absolute Gasteiger partial charge is 0.161 e. The van der Waals surface area contributed by atoms with E-state index in [0.29, 0.717) is 42.5 Å². The van der Waals surface area contributed by atoms with Crippen molar-refractivity contribution in [3.8, 4) is 17.6 Å². The molecule has 0 spiro atoms. The van der Waals surface area contributed by atoms with Gasteiger partial charge in [-0.15, -0.1) is 0 Å². The minimum atomic E-state index is 0.435. The van der Waals surface area contributed by atoms with Crippen molar-refractivity contribution in [2.75, 3.05) is 7.11 Å².